The lowest BCUT2D eigenvalue weighted by Crippen LogP contribution is -2.40. The molecular weight excluding hydrogens is 354 g/mol. The van der Waals surface area contributed by atoms with E-state index >= 15 is 0 Å². The molecule has 1 fully saturated rings. The molecule has 1 unspecified atom stereocenters. The van der Waals surface area contributed by atoms with Crippen LogP contribution in [0.15, 0.2) is 36.9 Å². The Morgan fingerprint density at radius 2 is 1.93 bits per heavy atom. The summed E-state index contributed by atoms with van der Waals surface area (Å²) in [5, 5.41) is 4.22. The van der Waals surface area contributed by atoms with Gasteiger partial charge in [0.25, 0.3) is 0 Å². The molecule has 1 saturated heterocycles. The molecule has 0 radical (unpaired) electrons. The Morgan fingerprint density at radius 3 is 2.57 bits per heavy atom. The summed E-state index contributed by atoms with van der Waals surface area (Å²) < 4.78 is 8.00. The van der Waals surface area contributed by atoms with Gasteiger partial charge in [-0.25, -0.2) is 0 Å². The summed E-state index contributed by atoms with van der Waals surface area (Å²) in [5.74, 6) is 0.142. The van der Waals surface area contributed by atoms with E-state index in [1.54, 1.807) is 17.1 Å². The molecule has 7 heteroatoms. The number of hydrogen-bond donors (Lipinski definition) is 0. The number of rotatable bonds is 6. The summed E-state index contributed by atoms with van der Waals surface area (Å²) in [6, 6.07) is 3.92. The van der Waals surface area contributed by atoms with Gasteiger partial charge in [-0.15, -0.1) is 0 Å². The van der Waals surface area contributed by atoms with Crippen LogP contribution in [-0.4, -0.2) is 62.8 Å². The van der Waals surface area contributed by atoms with Crippen molar-refractivity contribution < 1.29 is 9.53 Å². The number of carbonyl (C=O) groups excluding carboxylic acids is 1. The summed E-state index contributed by atoms with van der Waals surface area (Å²) in [6.45, 7) is 10.3. The van der Waals surface area contributed by atoms with Crippen molar-refractivity contribution in [2.45, 2.75) is 40.0 Å². The van der Waals surface area contributed by atoms with E-state index in [4.69, 9.17) is 4.74 Å². The number of pyridine rings is 1. The summed E-state index contributed by atoms with van der Waals surface area (Å²) in [4.78, 5) is 21.1. The third kappa shape index (κ3) is 6.14. The van der Waals surface area contributed by atoms with E-state index in [1.165, 1.54) is 0 Å². The highest BCUT2D eigenvalue weighted by atomic mass is 16.5. The largest absolute Gasteiger partial charge is 0.370 e. The number of ether oxygens (including phenoxy) is 1. The van der Waals surface area contributed by atoms with Crippen molar-refractivity contribution in [2.75, 3.05) is 26.2 Å². The quantitative estimate of drug-likeness (QED) is 0.762. The first kappa shape index (κ1) is 20.5. The zero-order chi connectivity index (χ0) is 20.1. The van der Waals surface area contributed by atoms with Gasteiger partial charge in [0.15, 0.2) is 0 Å². The van der Waals surface area contributed by atoms with Crippen LogP contribution in [-0.2, 0) is 29.7 Å². The molecule has 1 aliphatic rings. The highest BCUT2D eigenvalue weighted by Crippen LogP contribution is 2.19. The van der Waals surface area contributed by atoms with Crippen LogP contribution in [0.3, 0.4) is 0 Å². The zero-order valence-corrected chi connectivity index (χ0v) is 17.3. The number of carbonyl (C=O) groups is 1. The Hall–Kier alpha value is -2.25. The van der Waals surface area contributed by atoms with Gasteiger partial charge in [-0.05, 0) is 23.1 Å². The maximum absolute atomic E-state index is 12.9. The van der Waals surface area contributed by atoms with Crippen molar-refractivity contribution in [2.24, 2.45) is 12.5 Å². The smallest absolute Gasteiger partial charge is 0.237 e. The molecular formula is C21H31N5O2. The van der Waals surface area contributed by atoms with Crippen molar-refractivity contribution in [3.63, 3.8) is 0 Å². The van der Waals surface area contributed by atoms with E-state index in [0.29, 0.717) is 26.2 Å². The maximum atomic E-state index is 12.9. The van der Waals surface area contributed by atoms with Gasteiger partial charge >= 0.3 is 0 Å². The minimum Gasteiger partial charge on any atom is -0.370 e. The molecule has 3 rings (SSSR count). The van der Waals surface area contributed by atoms with Crippen LogP contribution in [0, 0.1) is 5.41 Å². The van der Waals surface area contributed by atoms with E-state index in [0.717, 1.165) is 24.2 Å². The van der Waals surface area contributed by atoms with Crippen LogP contribution in [0.4, 0.5) is 0 Å². The number of hydrogen-bond acceptors (Lipinski definition) is 5. The van der Waals surface area contributed by atoms with E-state index in [9.17, 15) is 4.79 Å². The van der Waals surface area contributed by atoms with Crippen molar-refractivity contribution >= 4 is 5.91 Å². The van der Waals surface area contributed by atoms with Crippen LogP contribution >= 0.6 is 0 Å². The molecule has 0 aliphatic carbocycles. The van der Waals surface area contributed by atoms with Gasteiger partial charge in [0.1, 0.15) is 0 Å². The average Bonchev–Trinajstić information content (AvgIpc) is 2.96. The van der Waals surface area contributed by atoms with Crippen LogP contribution < -0.4 is 0 Å². The van der Waals surface area contributed by atoms with Gasteiger partial charge in [-0.1, -0.05) is 20.8 Å². The van der Waals surface area contributed by atoms with E-state index < -0.39 is 0 Å². The molecule has 3 heterocycles. The van der Waals surface area contributed by atoms with Gasteiger partial charge < -0.3 is 9.64 Å². The molecule has 1 amide bonds. The second-order valence-electron chi connectivity index (χ2n) is 8.82. The number of aryl methyl sites for hydroxylation is 1. The fourth-order valence-corrected chi connectivity index (χ4v) is 3.57. The minimum absolute atomic E-state index is 0.0429. The minimum atomic E-state index is -0.0429. The lowest BCUT2D eigenvalue weighted by Gasteiger charge is -2.29. The van der Waals surface area contributed by atoms with Crippen molar-refractivity contribution in [1.29, 1.82) is 0 Å². The van der Waals surface area contributed by atoms with Crippen molar-refractivity contribution in [3.8, 4) is 0 Å². The Morgan fingerprint density at radius 1 is 1.18 bits per heavy atom. The third-order valence-corrected chi connectivity index (χ3v) is 4.66. The van der Waals surface area contributed by atoms with E-state index in [2.05, 4.69) is 35.8 Å². The Balaban J connectivity index is 1.71. The van der Waals surface area contributed by atoms with Gasteiger partial charge in [0.2, 0.25) is 5.91 Å². The zero-order valence-electron chi connectivity index (χ0n) is 17.3. The Bertz CT molecular complexity index is 769. The van der Waals surface area contributed by atoms with Crippen molar-refractivity contribution in [3.05, 3.63) is 48.0 Å². The first-order chi connectivity index (χ1) is 13.3. The lowest BCUT2D eigenvalue weighted by atomic mass is 9.96. The maximum Gasteiger partial charge on any atom is 0.237 e. The molecule has 1 aliphatic heterocycles. The third-order valence-electron chi connectivity index (χ3n) is 4.66. The van der Waals surface area contributed by atoms with Crippen molar-refractivity contribution in [1.82, 2.24) is 24.6 Å². The van der Waals surface area contributed by atoms with Gasteiger partial charge in [0, 0.05) is 57.4 Å². The highest BCUT2D eigenvalue weighted by molar-refractivity contribution is 5.78. The fourth-order valence-electron chi connectivity index (χ4n) is 3.57. The molecule has 2 aromatic rings. The first-order valence-electron chi connectivity index (χ1n) is 9.77. The van der Waals surface area contributed by atoms with Crippen LogP contribution in [0.2, 0.25) is 0 Å². The fraction of sp³-hybridized carbons (Fsp3) is 0.571. The van der Waals surface area contributed by atoms with E-state index in [1.807, 2.05) is 36.5 Å². The molecule has 28 heavy (non-hydrogen) atoms. The number of amides is 1. The van der Waals surface area contributed by atoms with Crippen LogP contribution in [0.5, 0.6) is 0 Å². The summed E-state index contributed by atoms with van der Waals surface area (Å²) >= 11 is 0. The number of aromatic nitrogens is 3. The molecule has 1 atom stereocenters. The van der Waals surface area contributed by atoms with Gasteiger partial charge in [-0.2, -0.15) is 5.10 Å². The molecule has 0 saturated carbocycles. The topological polar surface area (TPSA) is 63.5 Å². The highest BCUT2D eigenvalue weighted by Gasteiger charge is 2.30. The molecule has 2 aromatic heterocycles. The summed E-state index contributed by atoms with van der Waals surface area (Å²) in [5.41, 5.74) is 2.24. The van der Waals surface area contributed by atoms with Gasteiger partial charge in [-0.3, -0.25) is 19.4 Å². The van der Waals surface area contributed by atoms with Crippen LogP contribution in [0.25, 0.3) is 0 Å². The summed E-state index contributed by atoms with van der Waals surface area (Å²) in [6.07, 6.45) is 7.28. The second kappa shape index (κ2) is 8.84. The Labute approximate surface area is 167 Å². The predicted octanol–water partition coefficient (Wildman–Crippen LogP) is 2.09. The normalized spacial score (nSPS) is 19.1. The SMILES string of the molecule is Cn1cc(CN2CC(OCc3ccncc3)CN(CC(C)(C)C)CC2=O)cn1. The molecule has 0 aromatic carbocycles. The summed E-state index contributed by atoms with van der Waals surface area (Å²) in [7, 11) is 1.89. The first-order valence-corrected chi connectivity index (χ1v) is 9.77. The molecule has 152 valence electrons. The number of nitrogens with zero attached hydrogens (tertiary/aromatic N) is 5. The van der Waals surface area contributed by atoms with Gasteiger partial charge in [0.05, 0.1) is 25.5 Å². The van der Waals surface area contributed by atoms with Crippen LogP contribution in [0.1, 0.15) is 31.9 Å². The Kier molecular flexibility index (Phi) is 6.46. The monoisotopic (exact) mass is 385 g/mol. The second-order valence-corrected chi connectivity index (χ2v) is 8.82. The standard InChI is InChI=1S/C21H31N5O2/c1-21(2,3)16-25-12-19(28-15-17-5-7-22-8-6-17)13-26(20(27)14-25)11-18-9-23-24(4)10-18/h5-10,19H,11-16H2,1-4H3. The molecule has 0 N–H and O–H groups in total. The molecule has 7 nitrogen and oxygen atoms in total. The predicted molar refractivity (Wildman–Crippen MR) is 107 cm³/mol. The van der Waals surface area contributed by atoms with E-state index in [-0.39, 0.29) is 17.4 Å². The molecule has 0 bridgehead atoms. The molecule has 0 spiro atoms. The average molecular weight is 386 g/mol. The lowest BCUT2D eigenvalue weighted by molar-refractivity contribution is -0.132.